The fraction of sp³-hybridized carbons (Fsp3) is 0.568. The number of benzene rings is 3. The van der Waals surface area contributed by atoms with Crippen molar-refractivity contribution >= 4 is 6.03 Å². The van der Waals surface area contributed by atoms with Crippen LogP contribution in [0.1, 0.15) is 92.9 Å². The molecule has 3 saturated heterocycles. The molecule has 53 heavy (non-hydrogen) atoms. The monoisotopic (exact) mass is 721 g/mol. The molecule has 4 bridgehead atoms. The number of urea groups is 1. The number of piperidine rings is 1. The van der Waals surface area contributed by atoms with Gasteiger partial charge in [0.25, 0.3) is 0 Å². The van der Waals surface area contributed by atoms with Crippen LogP contribution in [0.15, 0.2) is 72.8 Å². The first-order valence-corrected chi connectivity index (χ1v) is 20.1. The van der Waals surface area contributed by atoms with Crippen molar-refractivity contribution in [3.05, 3.63) is 95.1 Å². The largest absolute Gasteiger partial charge is 0.392 e. The standard InChI is InChI=1S/C44H55N3O6/c1-29-39(27-47-15-13-44(14-16-47)50-17-18-51-44)52-41(53-40(29)36-7-5-30(28-48)6-8-36)37-11-9-35(10-12-37)38-4-2-3-31(22-38)26-45-42(49)46-43-23-32-19-33(24-43)21-34(20-32)25-43/h2-12,22,29,32-34,39-41,48H,13-21,23-28H2,1H3,(H2,45,46,49)/t29-,32?,33?,34?,39+,40+,41+,43?/m1/s1. The van der Waals surface area contributed by atoms with Crippen molar-refractivity contribution in [3.63, 3.8) is 0 Å². The minimum Gasteiger partial charge on any atom is -0.392 e. The number of ether oxygens (including phenoxy) is 4. The zero-order chi connectivity index (χ0) is 36.0. The first-order chi connectivity index (χ1) is 25.8. The summed E-state index contributed by atoms with van der Waals surface area (Å²) in [5.74, 6) is 2.11. The number of aliphatic hydroxyl groups excluding tert-OH is 1. The van der Waals surface area contributed by atoms with Crippen molar-refractivity contribution in [2.75, 3.05) is 32.8 Å². The molecule has 3 aromatic carbocycles. The molecule has 3 aliphatic heterocycles. The molecule has 4 aliphatic carbocycles. The molecule has 0 aromatic heterocycles. The van der Waals surface area contributed by atoms with Gasteiger partial charge in [0.05, 0.1) is 32.0 Å². The number of carbonyl (C=O) groups is 1. The number of aliphatic hydroxyl groups is 1. The summed E-state index contributed by atoms with van der Waals surface area (Å²) >= 11 is 0. The molecule has 3 N–H and O–H groups in total. The summed E-state index contributed by atoms with van der Waals surface area (Å²) in [5, 5.41) is 16.3. The molecule has 9 nitrogen and oxygen atoms in total. The summed E-state index contributed by atoms with van der Waals surface area (Å²) in [6, 6.07) is 25.0. The van der Waals surface area contributed by atoms with E-state index in [-0.39, 0.29) is 36.3 Å². The molecular formula is C44H55N3O6. The SMILES string of the molecule is C[C@@H]1[C@H](CN2CCC3(CC2)OCCO3)O[C@H](c2ccc(-c3cccc(CNC(=O)NC45CC6CC(CC(C6)C4)C5)c3)cc2)O[C@@H]1c1ccc(CO)cc1. The lowest BCUT2D eigenvalue weighted by Crippen LogP contribution is -2.61. The highest BCUT2D eigenvalue weighted by Gasteiger charge is 2.51. The van der Waals surface area contributed by atoms with Gasteiger partial charge in [0.15, 0.2) is 12.1 Å². The Morgan fingerprint density at radius 2 is 1.47 bits per heavy atom. The smallest absolute Gasteiger partial charge is 0.315 e. The van der Waals surface area contributed by atoms with Crippen LogP contribution in [0.25, 0.3) is 11.1 Å². The summed E-state index contributed by atoms with van der Waals surface area (Å²) in [6.45, 7) is 6.71. The summed E-state index contributed by atoms with van der Waals surface area (Å²) in [7, 11) is 0. The number of likely N-dealkylation sites (tertiary alicyclic amines) is 1. The molecule has 4 atom stereocenters. The summed E-state index contributed by atoms with van der Waals surface area (Å²) in [6.07, 6.45) is 8.56. The molecule has 2 amide bonds. The van der Waals surface area contributed by atoms with Crippen LogP contribution in [0.3, 0.4) is 0 Å². The Hall–Kier alpha value is -3.31. The van der Waals surface area contributed by atoms with E-state index >= 15 is 0 Å². The van der Waals surface area contributed by atoms with Crippen molar-refractivity contribution in [3.8, 4) is 11.1 Å². The van der Waals surface area contributed by atoms with Gasteiger partial charge in [-0.05, 0) is 90.2 Å². The molecule has 3 heterocycles. The average Bonchev–Trinajstić information content (AvgIpc) is 3.63. The molecule has 282 valence electrons. The Labute approximate surface area is 313 Å². The van der Waals surface area contributed by atoms with Gasteiger partial charge in [-0.3, -0.25) is 0 Å². The quantitative estimate of drug-likeness (QED) is 0.214. The summed E-state index contributed by atoms with van der Waals surface area (Å²) in [5.41, 5.74) is 6.25. The maximum Gasteiger partial charge on any atom is 0.315 e. The van der Waals surface area contributed by atoms with E-state index in [4.69, 9.17) is 18.9 Å². The van der Waals surface area contributed by atoms with Crippen molar-refractivity contribution < 1.29 is 28.8 Å². The second-order valence-electron chi connectivity index (χ2n) is 17.1. The van der Waals surface area contributed by atoms with E-state index in [0.29, 0.717) is 19.8 Å². The Kier molecular flexibility index (Phi) is 9.84. The van der Waals surface area contributed by atoms with Crippen LogP contribution in [0.4, 0.5) is 4.79 Å². The van der Waals surface area contributed by atoms with Gasteiger partial charge in [0.2, 0.25) is 0 Å². The van der Waals surface area contributed by atoms with E-state index in [1.54, 1.807) is 0 Å². The second kappa shape index (κ2) is 14.7. The van der Waals surface area contributed by atoms with Gasteiger partial charge in [-0.2, -0.15) is 0 Å². The van der Waals surface area contributed by atoms with Crippen LogP contribution in [0, 0.1) is 23.7 Å². The van der Waals surface area contributed by atoms with E-state index < -0.39 is 12.1 Å². The number of amides is 2. The highest BCUT2D eigenvalue weighted by Crippen LogP contribution is 2.55. The van der Waals surface area contributed by atoms with E-state index in [1.165, 1.54) is 19.3 Å². The van der Waals surface area contributed by atoms with Crippen molar-refractivity contribution in [2.45, 2.75) is 101 Å². The number of hydrogen-bond acceptors (Lipinski definition) is 7. The van der Waals surface area contributed by atoms with Crippen molar-refractivity contribution in [2.24, 2.45) is 23.7 Å². The summed E-state index contributed by atoms with van der Waals surface area (Å²) in [4.78, 5) is 15.6. The van der Waals surface area contributed by atoms with Crippen LogP contribution in [0.5, 0.6) is 0 Å². The van der Waals surface area contributed by atoms with Crippen molar-refractivity contribution in [1.29, 1.82) is 0 Å². The average molecular weight is 722 g/mol. The molecule has 9 heteroatoms. The molecule has 0 radical (unpaired) electrons. The van der Waals surface area contributed by atoms with Gasteiger partial charge in [-0.25, -0.2) is 4.79 Å². The first-order valence-electron chi connectivity index (χ1n) is 20.1. The number of hydrogen-bond donors (Lipinski definition) is 3. The maximum absolute atomic E-state index is 13.1. The first kappa shape index (κ1) is 35.4. The maximum atomic E-state index is 13.1. The normalized spacial score (nSPS) is 33.3. The van der Waals surface area contributed by atoms with Crippen molar-refractivity contribution in [1.82, 2.24) is 15.5 Å². The van der Waals surface area contributed by atoms with Crippen LogP contribution in [-0.4, -0.2) is 66.3 Å². The lowest BCUT2D eigenvalue weighted by molar-refractivity contribution is -0.278. The second-order valence-corrected chi connectivity index (χ2v) is 17.1. The van der Waals surface area contributed by atoms with Gasteiger partial charge >= 0.3 is 6.03 Å². The minimum atomic E-state index is -0.520. The number of rotatable bonds is 9. The van der Waals surface area contributed by atoms with Gasteiger partial charge in [0.1, 0.15) is 0 Å². The molecular weight excluding hydrogens is 666 g/mol. The predicted octanol–water partition coefficient (Wildman–Crippen LogP) is 7.24. The third kappa shape index (κ3) is 7.53. The number of nitrogens with one attached hydrogen (secondary N) is 2. The minimum absolute atomic E-state index is 0.00759. The molecule has 7 fully saturated rings. The van der Waals surface area contributed by atoms with E-state index in [0.717, 1.165) is 103 Å². The third-order valence-corrected chi connectivity index (χ3v) is 13.3. The third-order valence-electron chi connectivity index (χ3n) is 13.3. The molecule has 1 spiro atoms. The van der Waals surface area contributed by atoms with Crippen LogP contribution < -0.4 is 10.6 Å². The Balaban J connectivity index is 0.861. The van der Waals surface area contributed by atoms with Gasteiger partial charge in [-0.15, -0.1) is 0 Å². The molecule has 4 saturated carbocycles. The Morgan fingerprint density at radius 3 is 2.13 bits per heavy atom. The lowest BCUT2D eigenvalue weighted by atomic mass is 9.53. The molecule has 3 aromatic rings. The number of carbonyl (C=O) groups excluding carboxylic acids is 1. The fourth-order valence-electron chi connectivity index (χ4n) is 10.9. The predicted molar refractivity (Wildman–Crippen MR) is 201 cm³/mol. The highest BCUT2D eigenvalue weighted by molar-refractivity contribution is 5.75. The van der Waals surface area contributed by atoms with Crippen LogP contribution >= 0.6 is 0 Å². The molecule has 0 unspecified atom stereocenters. The van der Waals surface area contributed by atoms with Gasteiger partial charge in [0, 0.05) is 56.0 Å². The zero-order valence-corrected chi connectivity index (χ0v) is 31.0. The Bertz CT molecular complexity index is 1700. The highest BCUT2D eigenvalue weighted by atomic mass is 16.7. The van der Waals surface area contributed by atoms with Crippen LogP contribution in [-0.2, 0) is 32.1 Å². The zero-order valence-electron chi connectivity index (χ0n) is 31.0. The van der Waals surface area contributed by atoms with Crippen LogP contribution in [0.2, 0.25) is 0 Å². The van der Waals surface area contributed by atoms with Gasteiger partial charge in [-0.1, -0.05) is 73.7 Å². The number of nitrogens with zero attached hydrogens (tertiary/aromatic N) is 1. The fourth-order valence-corrected chi connectivity index (χ4v) is 10.9. The van der Waals surface area contributed by atoms with E-state index in [2.05, 4.69) is 83.1 Å². The van der Waals surface area contributed by atoms with E-state index in [1.807, 2.05) is 12.1 Å². The Morgan fingerprint density at radius 1 is 0.811 bits per heavy atom. The summed E-state index contributed by atoms with van der Waals surface area (Å²) < 4.78 is 25.5. The van der Waals surface area contributed by atoms with E-state index in [9.17, 15) is 9.90 Å². The lowest BCUT2D eigenvalue weighted by Gasteiger charge is -2.56. The topological polar surface area (TPSA) is 102 Å². The molecule has 7 aliphatic rings. The van der Waals surface area contributed by atoms with Gasteiger partial charge < -0.3 is 39.6 Å². The molecule has 10 rings (SSSR count).